The Kier molecular flexibility index (Phi) is 3.22. The maximum Gasteiger partial charge on any atom is 0.193 e. The molecule has 0 aliphatic carbocycles. The highest BCUT2D eigenvalue weighted by molar-refractivity contribution is 6.35. The van der Waals surface area contributed by atoms with Crippen molar-refractivity contribution in [3.05, 3.63) is 34.7 Å². The van der Waals surface area contributed by atoms with Gasteiger partial charge in [-0.15, -0.1) is 0 Å². The Morgan fingerprint density at radius 1 is 1.12 bits per heavy atom. The van der Waals surface area contributed by atoms with Crippen molar-refractivity contribution in [2.24, 2.45) is 0 Å². The lowest BCUT2D eigenvalue weighted by molar-refractivity contribution is 0.411. The average Bonchev–Trinajstić information content (AvgIpc) is 2.30. The van der Waals surface area contributed by atoms with Crippen LogP contribution in [0, 0.1) is 0 Å². The van der Waals surface area contributed by atoms with Gasteiger partial charge >= 0.3 is 0 Å². The molecule has 0 unspecified atom stereocenters. The van der Waals surface area contributed by atoms with Crippen molar-refractivity contribution in [1.82, 2.24) is 15.0 Å². The van der Waals surface area contributed by atoms with Crippen LogP contribution in [0.4, 0.5) is 0 Å². The van der Waals surface area contributed by atoms with Crippen molar-refractivity contribution in [2.45, 2.75) is 0 Å². The van der Waals surface area contributed by atoms with Crippen LogP contribution < -0.4 is 4.74 Å². The second-order valence-electron chi connectivity index (χ2n) is 2.88. The van der Waals surface area contributed by atoms with Crippen LogP contribution in [0.2, 0.25) is 10.3 Å². The van der Waals surface area contributed by atoms with Gasteiger partial charge in [0, 0.05) is 6.20 Å². The van der Waals surface area contributed by atoms with E-state index >= 15 is 0 Å². The van der Waals surface area contributed by atoms with Gasteiger partial charge in [-0.1, -0.05) is 29.3 Å². The van der Waals surface area contributed by atoms with Gasteiger partial charge in [0.2, 0.25) is 0 Å². The summed E-state index contributed by atoms with van der Waals surface area (Å²) in [5.41, 5.74) is 0.606. The summed E-state index contributed by atoms with van der Waals surface area (Å²) in [6.45, 7) is 0. The van der Waals surface area contributed by atoms with E-state index in [-0.39, 0.29) is 16.1 Å². The fraction of sp³-hybridized carbons (Fsp3) is 0.100. The van der Waals surface area contributed by atoms with Crippen molar-refractivity contribution in [3.63, 3.8) is 0 Å². The van der Waals surface area contributed by atoms with E-state index in [9.17, 15) is 0 Å². The molecule has 4 nitrogen and oxygen atoms in total. The second kappa shape index (κ2) is 4.63. The number of hydrogen-bond donors (Lipinski definition) is 0. The van der Waals surface area contributed by atoms with E-state index in [0.29, 0.717) is 11.5 Å². The van der Waals surface area contributed by atoms with Crippen LogP contribution >= 0.6 is 23.2 Å². The second-order valence-corrected chi connectivity index (χ2v) is 3.59. The highest BCUT2D eigenvalue weighted by Crippen LogP contribution is 2.31. The summed E-state index contributed by atoms with van der Waals surface area (Å²) < 4.78 is 4.96. The largest absolute Gasteiger partial charge is 0.491 e. The number of ether oxygens (including phenoxy) is 1. The molecule has 0 N–H and O–H groups in total. The molecule has 0 bridgehead atoms. The van der Waals surface area contributed by atoms with Crippen molar-refractivity contribution >= 4 is 23.2 Å². The summed E-state index contributed by atoms with van der Waals surface area (Å²) >= 11 is 11.8. The minimum atomic E-state index is 0.170. The van der Waals surface area contributed by atoms with Crippen LogP contribution in [-0.2, 0) is 0 Å². The van der Waals surface area contributed by atoms with Gasteiger partial charge in [-0.05, 0) is 12.1 Å². The van der Waals surface area contributed by atoms with Crippen LogP contribution in [0.5, 0.6) is 5.75 Å². The molecule has 0 aliphatic heterocycles. The topological polar surface area (TPSA) is 47.9 Å². The minimum Gasteiger partial charge on any atom is -0.491 e. The third kappa shape index (κ3) is 2.08. The van der Waals surface area contributed by atoms with E-state index in [1.54, 1.807) is 18.3 Å². The van der Waals surface area contributed by atoms with Crippen molar-refractivity contribution < 1.29 is 4.74 Å². The Morgan fingerprint density at radius 2 is 1.81 bits per heavy atom. The molecule has 0 aliphatic rings. The molecule has 2 aromatic rings. The molecule has 0 aromatic carbocycles. The SMILES string of the molecule is COc1c(Cl)nc(-c2ccccn2)nc1Cl. The van der Waals surface area contributed by atoms with Crippen molar-refractivity contribution in [3.8, 4) is 17.3 Å². The predicted octanol–water partition coefficient (Wildman–Crippen LogP) is 2.85. The molecule has 6 heteroatoms. The van der Waals surface area contributed by atoms with E-state index in [4.69, 9.17) is 27.9 Å². The number of nitrogens with zero attached hydrogens (tertiary/aromatic N) is 3. The number of halogens is 2. The maximum absolute atomic E-state index is 5.90. The Morgan fingerprint density at radius 3 is 2.31 bits per heavy atom. The van der Waals surface area contributed by atoms with Crippen LogP contribution in [-0.4, -0.2) is 22.1 Å². The van der Waals surface area contributed by atoms with E-state index in [2.05, 4.69) is 15.0 Å². The Labute approximate surface area is 102 Å². The van der Waals surface area contributed by atoms with Crippen LogP contribution in [0.1, 0.15) is 0 Å². The molecule has 2 aromatic heterocycles. The zero-order valence-electron chi connectivity index (χ0n) is 8.32. The number of aromatic nitrogens is 3. The maximum atomic E-state index is 5.90. The lowest BCUT2D eigenvalue weighted by Crippen LogP contribution is -1.96. The van der Waals surface area contributed by atoms with E-state index < -0.39 is 0 Å². The van der Waals surface area contributed by atoms with Crippen LogP contribution in [0.3, 0.4) is 0 Å². The standard InChI is InChI=1S/C10H7Cl2N3O/c1-16-7-8(11)14-10(15-9(7)12)6-4-2-3-5-13-6/h2-5H,1H3. The van der Waals surface area contributed by atoms with Gasteiger partial charge in [-0.3, -0.25) is 4.98 Å². The molecular weight excluding hydrogens is 249 g/mol. The molecule has 0 amide bonds. The fourth-order valence-electron chi connectivity index (χ4n) is 1.18. The number of methoxy groups -OCH3 is 1. The Hall–Kier alpha value is -1.39. The van der Waals surface area contributed by atoms with Gasteiger partial charge in [0.25, 0.3) is 0 Å². The van der Waals surface area contributed by atoms with Gasteiger partial charge in [-0.25, -0.2) is 9.97 Å². The van der Waals surface area contributed by atoms with Crippen molar-refractivity contribution in [1.29, 1.82) is 0 Å². The number of rotatable bonds is 2. The lowest BCUT2D eigenvalue weighted by atomic mass is 10.3. The molecule has 2 rings (SSSR count). The molecule has 2 heterocycles. The first-order valence-corrected chi connectivity index (χ1v) is 5.16. The molecule has 0 atom stereocenters. The summed E-state index contributed by atoms with van der Waals surface area (Å²) in [6, 6.07) is 5.41. The first-order chi connectivity index (χ1) is 7.72. The Balaban J connectivity index is 2.53. The third-order valence-electron chi connectivity index (χ3n) is 1.88. The normalized spacial score (nSPS) is 10.2. The van der Waals surface area contributed by atoms with Crippen LogP contribution in [0.15, 0.2) is 24.4 Å². The zero-order valence-corrected chi connectivity index (χ0v) is 9.83. The Bertz CT molecular complexity index is 482. The van der Waals surface area contributed by atoms with Gasteiger partial charge in [0.05, 0.1) is 7.11 Å². The number of hydrogen-bond acceptors (Lipinski definition) is 4. The first kappa shape index (κ1) is 11.1. The monoisotopic (exact) mass is 255 g/mol. The summed E-state index contributed by atoms with van der Waals surface area (Å²) in [5.74, 6) is 0.638. The summed E-state index contributed by atoms with van der Waals surface area (Å²) in [5, 5.41) is 0.339. The molecule has 0 fully saturated rings. The van der Waals surface area contributed by atoms with E-state index in [1.165, 1.54) is 7.11 Å². The molecule has 0 saturated carbocycles. The highest BCUT2D eigenvalue weighted by atomic mass is 35.5. The minimum absolute atomic E-state index is 0.170. The van der Waals surface area contributed by atoms with Gasteiger partial charge in [0.1, 0.15) is 5.69 Å². The summed E-state index contributed by atoms with van der Waals surface area (Å²) in [7, 11) is 1.46. The molecule has 16 heavy (non-hydrogen) atoms. The quantitative estimate of drug-likeness (QED) is 0.775. The average molecular weight is 256 g/mol. The first-order valence-electron chi connectivity index (χ1n) is 4.41. The molecule has 0 radical (unpaired) electrons. The fourth-order valence-corrected chi connectivity index (χ4v) is 1.72. The number of pyridine rings is 1. The molecule has 0 spiro atoms. The summed E-state index contributed by atoms with van der Waals surface area (Å²) in [6.07, 6.45) is 1.64. The summed E-state index contributed by atoms with van der Waals surface area (Å²) in [4.78, 5) is 12.2. The third-order valence-corrected chi connectivity index (χ3v) is 2.39. The van der Waals surface area contributed by atoms with Crippen LogP contribution in [0.25, 0.3) is 11.5 Å². The highest BCUT2D eigenvalue weighted by Gasteiger charge is 2.13. The zero-order chi connectivity index (χ0) is 11.5. The smallest absolute Gasteiger partial charge is 0.193 e. The van der Waals surface area contributed by atoms with E-state index in [0.717, 1.165) is 0 Å². The molecule has 82 valence electrons. The van der Waals surface area contributed by atoms with Crippen molar-refractivity contribution in [2.75, 3.05) is 7.11 Å². The van der Waals surface area contributed by atoms with Gasteiger partial charge in [-0.2, -0.15) is 0 Å². The van der Waals surface area contributed by atoms with Gasteiger partial charge < -0.3 is 4.74 Å². The lowest BCUT2D eigenvalue weighted by Gasteiger charge is -2.05. The molecular formula is C10H7Cl2N3O. The molecule has 0 saturated heterocycles. The van der Waals surface area contributed by atoms with Gasteiger partial charge in [0.15, 0.2) is 21.9 Å². The van der Waals surface area contributed by atoms with E-state index in [1.807, 2.05) is 6.07 Å². The predicted molar refractivity (Wildman–Crippen MR) is 61.8 cm³/mol.